The van der Waals surface area contributed by atoms with E-state index in [0.29, 0.717) is 39.6 Å². The molecular weight excluding hydrogens is 434 g/mol. The predicted octanol–water partition coefficient (Wildman–Crippen LogP) is 4.93. The molecule has 3 aromatic rings. The fourth-order valence-corrected chi connectivity index (χ4v) is 6.74. The number of hydrogen-bond donors (Lipinski definition) is 1. The average molecular weight is 468 g/mol. The van der Waals surface area contributed by atoms with Crippen molar-refractivity contribution in [2.24, 2.45) is 17.8 Å². The Bertz CT molecular complexity index is 1150. The van der Waals surface area contributed by atoms with Crippen LogP contribution in [-0.4, -0.2) is 54.7 Å². The zero-order valence-electron chi connectivity index (χ0n) is 20.2. The molecule has 0 aliphatic carbocycles. The Morgan fingerprint density at radius 3 is 2.64 bits per heavy atom. The lowest BCUT2D eigenvalue weighted by molar-refractivity contribution is -0.130. The minimum atomic E-state index is 0.117. The molecule has 6 unspecified atom stereocenters. The summed E-state index contributed by atoms with van der Waals surface area (Å²) in [6.07, 6.45) is 3.98. The Morgan fingerprint density at radius 1 is 1.15 bits per heavy atom. The van der Waals surface area contributed by atoms with Crippen molar-refractivity contribution >= 4 is 11.3 Å². The Labute approximate surface area is 199 Å². The second-order valence-corrected chi connectivity index (χ2v) is 11.1. The highest BCUT2D eigenvalue weighted by Crippen LogP contribution is 2.50. The number of aryl methyl sites for hydroxylation is 1. The lowest BCUT2D eigenvalue weighted by atomic mass is 9.60. The lowest BCUT2D eigenvalue weighted by Crippen LogP contribution is -2.67. The van der Waals surface area contributed by atoms with Gasteiger partial charge in [0.1, 0.15) is 11.9 Å². The van der Waals surface area contributed by atoms with Crippen LogP contribution >= 0.6 is 11.3 Å². The summed E-state index contributed by atoms with van der Waals surface area (Å²) >= 11 is 1.39. The summed E-state index contributed by atoms with van der Waals surface area (Å²) in [7, 11) is 2.28. The highest BCUT2D eigenvalue weighted by molar-refractivity contribution is 7.16. The van der Waals surface area contributed by atoms with Gasteiger partial charge < -0.3 is 9.84 Å². The van der Waals surface area contributed by atoms with E-state index in [1.807, 2.05) is 31.3 Å². The van der Waals surface area contributed by atoms with Gasteiger partial charge >= 0.3 is 0 Å². The number of nitrogens with zero attached hydrogens (tertiary/aromatic N) is 5. The number of phenolic OH excluding ortho intramolecular Hbond substituents is 1. The molecule has 0 saturated carbocycles. The fraction of sp³-hybridized carbons (Fsp3) is 0.560. The van der Waals surface area contributed by atoms with Crippen LogP contribution < -0.4 is 4.74 Å². The highest BCUT2D eigenvalue weighted by Gasteiger charge is 2.54. The van der Waals surface area contributed by atoms with Gasteiger partial charge in [-0.2, -0.15) is 5.10 Å². The van der Waals surface area contributed by atoms with Gasteiger partial charge in [-0.25, -0.2) is 4.68 Å². The number of benzene rings is 1. The Balaban J connectivity index is 1.34. The molecular formula is C25H33N5O2S. The van der Waals surface area contributed by atoms with Gasteiger partial charge in [0, 0.05) is 36.7 Å². The quantitative estimate of drug-likeness (QED) is 0.587. The molecule has 7 nitrogen and oxygen atoms in total. The van der Waals surface area contributed by atoms with Gasteiger partial charge in [0.2, 0.25) is 0 Å². The molecule has 2 bridgehead atoms. The van der Waals surface area contributed by atoms with E-state index in [9.17, 15) is 5.11 Å². The van der Waals surface area contributed by atoms with E-state index < -0.39 is 0 Å². The minimum absolute atomic E-state index is 0.117. The largest absolute Gasteiger partial charge is 0.507 e. The molecule has 1 N–H and O–H groups in total. The molecule has 0 spiro atoms. The number of phenols is 1. The monoisotopic (exact) mass is 467 g/mol. The number of aromatic nitrogens is 4. The first-order valence-electron chi connectivity index (χ1n) is 11.8. The Kier molecular flexibility index (Phi) is 5.48. The molecule has 5 rings (SSSR count). The van der Waals surface area contributed by atoms with Crippen LogP contribution in [0.3, 0.4) is 0 Å². The summed E-state index contributed by atoms with van der Waals surface area (Å²) in [4.78, 5) is 2.59. The van der Waals surface area contributed by atoms with E-state index >= 15 is 0 Å². The third kappa shape index (κ3) is 3.73. The molecule has 0 amide bonds. The van der Waals surface area contributed by atoms with Gasteiger partial charge in [0.15, 0.2) is 5.01 Å². The third-order valence-electron chi connectivity index (χ3n) is 8.53. The molecule has 6 atom stereocenters. The molecule has 2 aliphatic rings. The second-order valence-electron chi connectivity index (χ2n) is 10.2. The van der Waals surface area contributed by atoms with Crippen LogP contribution in [0.15, 0.2) is 30.5 Å². The first-order valence-corrected chi connectivity index (χ1v) is 12.6. The van der Waals surface area contributed by atoms with E-state index in [1.54, 1.807) is 10.7 Å². The van der Waals surface area contributed by atoms with E-state index in [1.165, 1.54) is 11.3 Å². The first kappa shape index (κ1) is 22.3. The maximum absolute atomic E-state index is 10.7. The van der Waals surface area contributed by atoms with Crippen molar-refractivity contribution in [1.29, 1.82) is 0 Å². The van der Waals surface area contributed by atoms with Gasteiger partial charge in [-0.15, -0.1) is 5.10 Å². The van der Waals surface area contributed by atoms with E-state index in [2.05, 4.69) is 54.9 Å². The van der Waals surface area contributed by atoms with Crippen LogP contribution in [0.25, 0.3) is 16.3 Å². The maximum atomic E-state index is 10.7. The number of aromatic hydroxyl groups is 1. The van der Waals surface area contributed by atoms with E-state index in [4.69, 9.17) is 4.74 Å². The summed E-state index contributed by atoms with van der Waals surface area (Å²) in [6.45, 7) is 11.5. The normalized spacial score (nSPS) is 32.1. The molecule has 2 aromatic heterocycles. The number of ether oxygens (including phenoxy) is 1. The molecule has 8 heteroatoms. The van der Waals surface area contributed by atoms with Crippen LogP contribution in [0.5, 0.6) is 10.9 Å². The molecule has 2 fully saturated rings. The standard InChI is InChI=1S/C25H33N5O2S/c1-14-9-10-30(28-14)18-7-8-20(22(31)11-18)23-26-27-24(33-23)32-19-12-21-16(3)15(2)17(4)25(5,13-19)29(21)6/h7-11,15-17,19,21,31H,12-13H2,1-6H3. The van der Waals surface area contributed by atoms with Crippen LogP contribution in [0, 0.1) is 24.7 Å². The number of rotatable bonds is 4. The molecule has 176 valence electrons. The molecule has 0 radical (unpaired) electrons. The van der Waals surface area contributed by atoms with Crippen LogP contribution in [0.4, 0.5) is 0 Å². The molecule has 2 saturated heterocycles. The zero-order valence-corrected chi connectivity index (χ0v) is 21.0. The topological polar surface area (TPSA) is 76.3 Å². The highest BCUT2D eigenvalue weighted by atomic mass is 32.1. The Hall–Kier alpha value is -2.45. The lowest BCUT2D eigenvalue weighted by Gasteiger charge is -2.61. The fourth-order valence-electron chi connectivity index (χ4n) is 5.94. The molecule has 33 heavy (non-hydrogen) atoms. The van der Waals surface area contributed by atoms with Gasteiger partial charge in [-0.3, -0.25) is 4.90 Å². The van der Waals surface area contributed by atoms with Crippen molar-refractivity contribution in [2.75, 3.05) is 7.05 Å². The average Bonchev–Trinajstić information content (AvgIpc) is 3.42. The Morgan fingerprint density at radius 2 is 1.94 bits per heavy atom. The summed E-state index contributed by atoms with van der Waals surface area (Å²) in [6, 6.07) is 7.92. The third-order valence-corrected chi connectivity index (χ3v) is 9.37. The smallest absolute Gasteiger partial charge is 0.294 e. The zero-order chi connectivity index (χ0) is 23.5. The van der Waals surface area contributed by atoms with Gasteiger partial charge in [-0.1, -0.05) is 37.2 Å². The van der Waals surface area contributed by atoms with E-state index in [0.717, 1.165) is 24.2 Å². The first-order chi connectivity index (χ1) is 15.7. The molecule has 1 aromatic carbocycles. The van der Waals surface area contributed by atoms with Crippen molar-refractivity contribution in [2.45, 2.75) is 65.1 Å². The summed E-state index contributed by atoms with van der Waals surface area (Å²) in [5.41, 5.74) is 2.49. The van der Waals surface area contributed by atoms with Crippen molar-refractivity contribution < 1.29 is 9.84 Å². The summed E-state index contributed by atoms with van der Waals surface area (Å²) < 4.78 is 8.14. The SMILES string of the molecule is Cc1ccn(-c2ccc(-c3nnc(OC4CC5C(C)C(C)C(C)C(C)(C4)N5C)s3)c(O)c2)n1. The van der Waals surface area contributed by atoms with Crippen LogP contribution in [-0.2, 0) is 0 Å². The van der Waals surface area contributed by atoms with Gasteiger partial charge in [0.05, 0.1) is 16.9 Å². The van der Waals surface area contributed by atoms with Gasteiger partial charge in [0.25, 0.3) is 5.19 Å². The maximum Gasteiger partial charge on any atom is 0.294 e. The summed E-state index contributed by atoms with van der Waals surface area (Å²) in [5, 5.41) is 24.9. The van der Waals surface area contributed by atoms with Crippen molar-refractivity contribution in [3.8, 4) is 27.2 Å². The van der Waals surface area contributed by atoms with Crippen LogP contribution in [0.1, 0.15) is 46.2 Å². The van der Waals surface area contributed by atoms with Crippen molar-refractivity contribution in [3.63, 3.8) is 0 Å². The molecule has 4 heterocycles. The summed E-state index contributed by atoms with van der Waals surface area (Å²) in [5.74, 6) is 2.07. The minimum Gasteiger partial charge on any atom is -0.507 e. The van der Waals surface area contributed by atoms with Crippen molar-refractivity contribution in [1.82, 2.24) is 24.9 Å². The predicted molar refractivity (Wildman–Crippen MR) is 130 cm³/mol. The van der Waals surface area contributed by atoms with Crippen LogP contribution in [0.2, 0.25) is 0 Å². The number of piperidine rings is 2. The van der Waals surface area contributed by atoms with Crippen molar-refractivity contribution in [3.05, 3.63) is 36.2 Å². The van der Waals surface area contributed by atoms with Gasteiger partial charge in [-0.05, 0) is 56.8 Å². The van der Waals surface area contributed by atoms with E-state index in [-0.39, 0.29) is 17.4 Å². The molecule has 2 aliphatic heterocycles. The second kappa shape index (κ2) is 8.09. The number of hydrogen-bond acceptors (Lipinski definition) is 7. The number of fused-ring (bicyclic) bond motifs is 2.